The molecule has 3 aromatic heterocycles. The summed E-state index contributed by atoms with van der Waals surface area (Å²) >= 11 is 0. The fourth-order valence-electron chi connectivity index (χ4n) is 3.31. The van der Waals surface area contributed by atoms with Crippen molar-refractivity contribution in [3.8, 4) is 0 Å². The maximum atomic E-state index is 4.40. The molecule has 0 fully saturated rings. The number of rotatable bonds is 4. The van der Waals surface area contributed by atoms with Crippen LogP contribution in [-0.4, -0.2) is 19.4 Å². The maximum Gasteiger partial charge on any atom is 0.136 e. The first-order valence-corrected chi connectivity index (χ1v) is 8.18. The molecule has 4 rings (SSSR count). The van der Waals surface area contributed by atoms with Gasteiger partial charge in [-0.25, -0.2) is 9.97 Å². The van der Waals surface area contributed by atoms with Crippen molar-refractivity contribution in [2.75, 3.05) is 0 Å². The summed E-state index contributed by atoms with van der Waals surface area (Å²) in [6.45, 7) is 4.37. The highest BCUT2D eigenvalue weighted by Crippen LogP contribution is 2.30. The first kappa shape index (κ1) is 14.7. The Bertz CT molecular complexity index is 966. The SMILES string of the molecule is Cc1cccc(C(Cc2ccn3ccnc3c2)c2cnc[nH]2)c1C. The predicted octanol–water partition coefficient (Wildman–Crippen LogP) is 4.05. The predicted molar refractivity (Wildman–Crippen MR) is 95.2 cm³/mol. The second-order valence-electron chi connectivity index (χ2n) is 6.28. The molecule has 0 amide bonds. The van der Waals surface area contributed by atoms with E-state index in [1.165, 1.54) is 22.3 Å². The Balaban J connectivity index is 1.77. The summed E-state index contributed by atoms with van der Waals surface area (Å²) in [4.78, 5) is 11.9. The van der Waals surface area contributed by atoms with E-state index in [0.717, 1.165) is 17.8 Å². The maximum absolute atomic E-state index is 4.40. The van der Waals surface area contributed by atoms with Crippen LogP contribution in [0, 0.1) is 13.8 Å². The Morgan fingerprint density at radius 2 is 2.08 bits per heavy atom. The van der Waals surface area contributed by atoms with Gasteiger partial charge in [-0.3, -0.25) is 0 Å². The normalized spacial score (nSPS) is 12.6. The van der Waals surface area contributed by atoms with Crippen molar-refractivity contribution >= 4 is 5.65 Å². The Morgan fingerprint density at radius 3 is 2.92 bits per heavy atom. The minimum atomic E-state index is 0.254. The Labute approximate surface area is 141 Å². The molecule has 4 aromatic rings. The molecule has 0 aliphatic carbocycles. The van der Waals surface area contributed by atoms with Crippen LogP contribution in [0.2, 0.25) is 0 Å². The van der Waals surface area contributed by atoms with Crippen molar-refractivity contribution in [3.63, 3.8) is 0 Å². The third kappa shape index (κ3) is 2.60. The topological polar surface area (TPSA) is 46.0 Å². The Kier molecular flexibility index (Phi) is 3.65. The molecule has 4 nitrogen and oxygen atoms in total. The quantitative estimate of drug-likeness (QED) is 0.617. The molecule has 0 aliphatic heterocycles. The molecule has 1 unspecified atom stereocenters. The van der Waals surface area contributed by atoms with Crippen molar-refractivity contribution < 1.29 is 0 Å². The largest absolute Gasteiger partial charge is 0.348 e. The monoisotopic (exact) mass is 316 g/mol. The molecule has 0 radical (unpaired) electrons. The number of hydrogen-bond donors (Lipinski definition) is 1. The lowest BCUT2D eigenvalue weighted by atomic mass is 9.86. The minimum Gasteiger partial charge on any atom is -0.348 e. The smallest absolute Gasteiger partial charge is 0.136 e. The Morgan fingerprint density at radius 1 is 1.17 bits per heavy atom. The zero-order valence-corrected chi connectivity index (χ0v) is 13.9. The lowest BCUT2D eigenvalue weighted by Crippen LogP contribution is -2.08. The van der Waals surface area contributed by atoms with Gasteiger partial charge in [-0.05, 0) is 54.7 Å². The molecule has 1 N–H and O–H groups in total. The number of fused-ring (bicyclic) bond motifs is 1. The van der Waals surface area contributed by atoms with Crippen LogP contribution in [0.3, 0.4) is 0 Å². The van der Waals surface area contributed by atoms with E-state index in [-0.39, 0.29) is 5.92 Å². The summed E-state index contributed by atoms with van der Waals surface area (Å²) in [7, 11) is 0. The number of aromatic amines is 1. The number of hydrogen-bond acceptors (Lipinski definition) is 2. The van der Waals surface area contributed by atoms with Gasteiger partial charge in [0.1, 0.15) is 5.65 Å². The van der Waals surface area contributed by atoms with Gasteiger partial charge in [0.2, 0.25) is 0 Å². The molecule has 1 aromatic carbocycles. The number of pyridine rings is 1. The summed E-state index contributed by atoms with van der Waals surface area (Å²) in [5.41, 5.74) is 7.42. The van der Waals surface area contributed by atoms with E-state index < -0.39 is 0 Å². The van der Waals surface area contributed by atoms with E-state index in [1.807, 2.05) is 23.0 Å². The summed E-state index contributed by atoms with van der Waals surface area (Å²) in [5, 5.41) is 0. The van der Waals surface area contributed by atoms with Gasteiger partial charge >= 0.3 is 0 Å². The van der Waals surface area contributed by atoms with Crippen LogP contribution >= 0.6 is 0 Å². The van der Waals surface area contributed by atoms with E-state index in [9.17, 15) is 0 Å². The second-order valence-corrected chi connectivity index (χ2v) is 6.28. The zero-order valence-electron chi connectivity index (χ0n) is 13.9. The summed E-state index contributed by atoms with van der Waals surface area (Å²) in [6.07, 6.45) is 10.5. The van der Waals surface area contributed by atoms with Gasteiger partial charge in [0.05, 0.1) is 6.33 Å². The van der Waals surface area contributed by atoms with Gasteiger partial charge < -0.3 is 9.38 Å². The second kappa shape index (κ2) is 5.96. The van der Waals surface area contributed by atoms with Gasteiger partial charge in [-0.15, -0.1) is 0 Å². The standard InChI is InChI=1S/C20H20N4/c1-14-4-3-5-17(15(14)2)18(19-12-21-13-23-19)10-16-6-8-24-9-7-22-20(24)11-16/h3-9,11-13,18H,10H2,1-2H3,(H,21,23). The van der Waals surface area contributed by atoms with Crippen LogP contribution < -0.4 is 0 Å². The van der Waals surface area contributed by atoms with Crippen molar-refractivity contribution in [3.05, 3.63) is 89.4 Å². The third-order valence-corrected chi connectivity index (χ3v) is 4.82. The lowest BCUT2D eigenvalue weighted by Gasteiger charge is -2.20. The van der Waals surface area contributed by atoms with Gasteiger partial charge in [0.15, 0.2) is 0 Å². The highest BCUT2D eigenvalue weighted by molar-refractivity contribution is 5.44. The van der Waals surface area contributed by atoms with Crippen LogP contribution in [0.25, 0.3) is 5.65 Å². The molecule has 3 heterocycles. The van der Waals surface area contributed by atoms with Crippen LogP contribution in [0.1, 0.15) is 33.9 Å². The van der Waals surface area contributed by atoms with E-state index in [4.69, 9.17) is 0 Å². The number of benzene rings is 1. The number of H-pyrrole nitrogens is 1. The molecular formula is C20H20N4. The van der Waals surface area contributed by atoms with Crippen LogP contribution in [0.15, 0.2) is 61.4 Å². The zero-order chi connectivity index (χ0) is 16.5. The first-order valence-electron chi connectivity index (χ1n) is 8.18. The first-order chi connectivity index (χ1) is 11.7. The number of imidazole rings is 2. The van der Waals surface area contributed by atoms with Gasteiger partial charge in [-0.2, -0.15) is 0 Å². The molecule has 0 bridgehead atoms. The summed E-state index contributed by atoms with van der Waals surface area (Å²) in [6, 6.07) is 10.9. The average Bonchev–Trinajstić information content (AvgIpc) is 3.26. The molecular weight excluding hydrogens is 296 g/mol. The summed E-state index contributed by atoms with van der Waals surface area (Å²) < 4.78 is 2.03. The average molecular weight is 316 g/mol. The highest BCUT2D eigenvalue weighted by Gasteiger charge is 2.19. The van der Waals surface area contributed by atoms with Crippen molar-refractivity contribution in [2.24, 2.45) is 0 Å². The van der Waals surface area contributed by atoms with Gasteiger partial charge in [0.25, 0.3) is 0 Å². The number of nitrogens with zero attached hydrogens (tertiary/aromatic N) is 3. The molecule has 0 saturated heterocycles. The van der Waals surface area contributed by atoms with Crippen molar-refractivity contribution in [1.82, 2.24) is 19.4 Å². The number of nitrogens with one attached hydrogen (secondary N) is 1. The number of aryl methyl sites for hydroxylation is 1. The van der Waals surface area contributed by atoms with E-state index >= 15 is 0 Å². The third-order valence-electron chi connectivity index (χ3n) is 4.82. The van der Waals surface area contributed by atoms with Crippen LogP contribution in [0.5, 0.6) is 0 Å². The molecule has 0 spiro atoms. The van der Waals surface area contributed by atoms with Crippen molar-refractivity contribution in [2.45, 2.75) is 26.2 Å². The lowest BCUT2D eigenvalue weighted by molar-refractivity contribution is 0.772. The van der Waals surface area contributed by atoms with Crippen LogP contribution in [0.4, 0.5) is 0 Å². The molecule has 1 atom stereocenters. The molecule has 120 valence electrons. The summed E-state index contributed by atoms with van der Waals surface area (Å²) in [5.74, 6) is 0.254. The van der Waals surface area contributed by atoms with Crippen LogP contribution in [-0.2, 0) is 6.42 Å². The van der Waals surface area contributed by atoms with E-state index in [0.29, 0.717) is 0 Å². The van der Waals surface area contributed by atoms with E-state index in [2.05, 4.69) is 65.3 Å². The Hall–Kier alpha value is -2.88. The fraction of sp³-hybridized carbons (Fsp3) is 0.200. The highest BCUT2D eigenvalue weighted by atomic mass is 15.0. The van der Waals surface area contributed by atoms with E-state index in [1.54, 1.807) is 6.33 Å². The van der Waals surface area contributed by atoms with Gasteiger partial charge in [-0.1, -0.05) is 18.2 Å². The van der Waals surface area contributed by atoms with Gasteiger partial charge in [0, 0.05) is 36.4 Å². The molecule has 24 heavy (non-hydrogen) atoms. The molecule has 0 aliphatic rings. The molecule has 4 heteroatoms. The number of aromatic nitrogens is 4. The minimum absolute atomic E-state index is 0.254. The molecule has 0 saturated carbocycles. The van der Waals surface area contributed by atoms with Crippen molar-refractivity contribution in [1.29, 1.82) is 0 Å². The fourth-order valence-corrected chi connectivity index (χ4v) is 3.31.